The van der Waals surface area contributed by atoms with E-state index in [1.54, 1.807) is 24.3 Å². The summed E-state index contributed by atoms with van der Waals surface area (Å²) in [6.45, 7) is 4.64. The predicted molar refractivity (Wildman–Crippen MR) is 124 cm³/mol. The van der Waals surface area contributed by atoms with Gasteiger partial charge >= 0.3 is 5.63 Å². The van der Waals surface area contributed by atoms with E-state index in [1.165, 1.54) is 11.6 Å². The number of rotatable bonds is 8. The molecule has 0 saturated heterocycles. The minimum Gasteiger partial charge on any atom is -0.490 e. The van der Waals surface area contributed by atoms with Gasteiger partial charge in [0, 0.05) is 17.0 Å². The Kier molecular flexibility index (Phi) is 6.64. The lowest BCUT2D eigenvalue weighted by Crippen LogP contribution is -2.31. The Balaban J connectivity index is 1.34. The van der Waals surface area contributed by atoms with Crippen LogP contribution in [0.2, 0.25) is 0 Å². The molecule has 33 heavy (non-hydrogen) atoms. The molecule has 1 amide bonds. The van der Waals surface area contributed by atoms with Crippen LogP contribution in [-0.2, 0) is 0 Å². The molecule has 0 radical (unpaired) electrons. The lowest BCUT2D eigenvalue weighted by molar-refractivity contribution is 0.0943. The molecular formula is C25H23N3O5. The van der Waals surface area contributed by atoms with Crippen molar-refractivity contribution in [2.24, 2.45) is 0 Å². The number of hydrogen-bond donors (Lipinski definition) is 1. The summed E-state index contributed by atoms with van der Waals surface area (Å²) in [5, 5.41) is 11.5. The number of amides is 1. The van der Waals surface area contributed by atoms with Crippen molar-refractivity contribution in [3.05, 3.63) is 82.2 Å². The number of benzene rings is 2. The van der Waals surface area contributed by atoms with Crippen molar-refractivity contribution in [1.82, 2.24) is 15.5 Å². The summed E-state index contributed by atoms with van der Waals surface area (Å²) in [5.74, 6) is 0.257. The van der Waals surface area contributed by atoms with Gasteiger partial charge in [0.05, 0.1) is 18.8 Å². The number of nitrogens with zero attached hydrogens (tertiary/aromatic N) is 2. The monoisotopic (exact) mass is 445 g/mol. The van der Waals surface area contributed by atoms with Gasteiger partial charge in [0.15, 0.2) is 11.3 Å². The first-order chi connectivity index (χ1) is 16.0. The fourth-order valence-electron chi connectivity index (χ4n) is 3.24. The van der Waals surface area contributed by atoms with E-state index in [0.717, 1.165) is 11.3 Å². The van der Waals surface area contributed by atoms with Crippen LogP contribution in [0.3, 0.4) is 0 Å². The highest BCUT2D eigenvalue weighted by atomic mass is 16.5. The highest BCUT2D eigenvalue weighted by Crippen LogP contribution is 2.25. The lowest BCUT2D eigenvalue weighted by Gasteiger charge is -2.09. The second kappa shape index (κ2) is 9.95. The van der Waals surface area contributed by atoms with Crippen molar-refractivity contribution in [3.8, 4) is 22.9 Å². The Morgan fingerprint density at radius 3 is 2.58 bits per heavy atom. The Morgan fingerprint density at radius 2 is 1.85 bits per heavy atom. The van der Waals surface area contributed by atoms with Gasteiger partial charge in [-0.05, 0) is 32.0 Å². The molecule has 8 nitrogen and oxygen atoms in total. The van der Waals surface area contributed by atoms with Crippen molar-refractivity contribution in [2.75, 3.05) is 19.8 Å². The van der Waals surface area contributed by atoms with Crippen LogP contribution >= 0.6 is 0 Å². The molecule has 0 aliphatic rings. The van der Waals surface area contributed by atoms with Crippen LogP contribution in [0.4, 0.5) is 0 Å². The van der Waals surface area contributed by atoms with Crippen LogP contribution in [0.1, 0.15) is 22.8 Å². The van der Waals surface area contributed by atoms with Gasteiger partial charge in [-0.2, -0.15) is 0 Å². The number of carbonyl (C=O) groups is 1. The zero-order valence-electron chi connectivity index (χ0n) is 18.3. The Bertz CT molecular complexity index is 1310. The summed E-state index contributed by atoms with van der Waals surface area (Å²) in [5.41, 5.74) is 2.38. The van der Waals surface area contributed by atoms with Crippen molar-refractivity contribution in [1.29, 1.82) is 0 Å². The normalized spacial score (nSPS) is 10.7. The molecule has 0 fully saturated rings. The first-order valence-corrected chi connectivity index (χ1v) is 10.6. The molecular weight excluding hydrogens is 422 g/mol. The van der Waals surface area contributed by atoms with Crippen molar-refractivity contribution >= 4 is 16.9 Å². The quantitative estimate of drug-likeness (QED) is 0.325. The second-order valence-corrected chi connectivity index (χ2v) is 7.28. The molecule has 0 atom stereocenters. The highest BCUT2D eigenvalue weighted by molar-refractivity contribution is 5.97. The third-order valence-corrected chi connectivity index (χ3v) is 4.89. The van der Waals surface area contributed by atoms with Gasteiger partial charge in [0.25, 0.3) is 5.91 Å². The van der Waals surface area contributed by atoms with Crippen molar-refractivity contribution in [3.63, 3.8) is 0 Å². The topological polar surface area (TPSA) is 104 Å². The number of fused-ring (bicyclic) bond motifs is 1. The molecule has 2 aromatic carbocycles. The summed E-state index contributed by atoms with van der Waals surface area (Å²) in [6, 6.07) is 18.3. The number of aromatic nitrogens is 2. The molecule has 4 rings (SSSR count). The van der Waals surface area contributed by atoms with Gasteiger partial charge in [-0.25, -0.2) is 4.79 Å². The largest absolute Gasteiger partial charge is 0.490 e. The third kappa shape index (κ3) is 5.17. The molecule has 0 spiro atoms. The van der Waals surface area contributed by atoms with E-state index in [2.05, 4.69) is 15.5 Å². The van der Waals surface area contributed by atoms with E-state index in [4.69, 9.17) is 13.9 Å². The van der Waals surface area contributed by atoms with Gasteiger partial charge < -0.3 is 19.2 Å². The van der Waals surface area contributed by atoms with Gasteiger partial charge in [-0.3, -0.25) is 4.79 Å². The number of nitrogens with one attached hydrogen (secondary N) is 1. The van der Waals surface area contributed by atoms with Gasteiger partial charge in [0.1, 0.15) is 12.2 Å². The van der Waals surface area contributed by atoms with E-state index < -0.39 is 11.5 Å². The summed E-state index contributed by atoms with van der Waals surface area (Å²) < 4.78 is 16.3. The number of ether oxygens (including phenoxy) is 2. The molecule has 8 heteroatoms. The van der Waals surface area contributed by atoms with E-state index in [1.807, 2.05) is 44.2 Å². The Labute approximate surface area is 190 Å². The third-order valence-electron chi connectivity index (χ3n) is 4.89. The molecule has 0 saturated carbocycles. The smallest absolute Gasteiger partial charge is 0.349 e. The fraction of sp³-hybridized carbons (Fsp3) is 0.200. The van der Waals surface area contributed by atoms with E-state index in [9.17, 15) is 9.59 Å². The molecule has 4 aromatic rings. The number of aryl methyl sites for hydroxylation is 1. The molecule has 0 bridgehead atoms. The molecule has 0 aliphatic heterocycles. The summed E-state index contributed by atoms with van der Waals surface area (Å²) in [7, 11) is 0. The fourth-order valence-corrected chi connectivity index (χ4v) is 3.24. The zero-order valence-corrected chi connectivity index (χ0v) is 18.3. The minimum atomic E-state index is -0.731. The molecule has 2 aromatic heterocycles. The Hall–Kier alpha value is -4.20. The summed E-state index contributed by atoms with van der Waals surface area (Å²) in [6.07, 6.45) is 0. The number of carbonyl (C=O) groups excluding carboxylic acids is 1. The molecule has 1 N–H and O–H groups in total. The van der Waals surface area contributed by atoms with Crippen LogP contribution in [0.15, 0.2) is 69.9 Å². The first-order valence-electron chi connectivity index (χ1n) is 10.6. The second-order valence-electron chi connectivity index (χ2n) is 7.28. The lowest BCUT2D eigenvalue weighted by atomic mass is 10.1. The molecule has 168 valence electrons. The standard InChI is InChI=1S/C25H23N3O5/c1-3-31-21-6-4-5-18-15-19(25(30)33-23(18)21)24(29)26-13-14-32-22-12-11-20(27-28-22)17-9-7-16(2)8-10-17/h4-12,15H,3,13-14H2,1-2H3,(H,26,29). The molecule has 2 heterocycles. The van der Waals surface area contributed by atoms with Crippen LogP contribution < -0.4 is 20.4 Å². The minimum absolute atomic E-state index is 0.0848. The first kappa shape index (κ1) is 22.0. The van der Waals surface area contributed by atoms with E-state index in [-0.39, 0.29) is 18.7 Å². The van der Waals surface area contributed by atoms with Crippen LogP contribution in [0, 0.1) is 6.92 Å². The van der Waals surface area contributed by atoms with Crippen molar-refractivity contribution < 1.29 is 18.7 Å². The number of hydrogen-bond acceptors (Lipinski definition) is 7. The van der Waals surface area contributed by atoms with Crippen LogP contribution in [0.25, 0.3) is 22.2 Å². The Morgan fingerprint density at radius 1 is 1.03 bits per heavy atom. The highest BCUT2D eigenvalue weighted by Gasteiger charge is 2.15. The van der Waals surface area contributed by atoms with E-state index >= 15 is 0 Å². The average Bonchev–Trinajstić information content (AvgIpc) is 2.83. The molecule has 0 aliphatic carbocycles. The van der Waals surface area contributed by atoms with Crippen LogP contribution in [0.5, 0.6) is 11.6 Å². The SMILES string of the molecule is CCOc1cccc2cc(C(=O)NCCOc3ccc(-c4ccc(C)cc4)nn3)c(=O)oc12. The summed E-state index contributed by atoms with van der Waals surface area (Å²) >= 11 is 0. The van der Waals surface area contributed by atoms with Crippen molar-refractivity contribution in [2.45, 2.75) is 13.8 Å². The average molecular weight is 445 g/mol. The maximum atomic E-state index is 12.5. The maximum absolute atomic E-state index is 12.5. The molecule has 0 unspecified atom stereocenters. The van der Waals surface area contributed by atoms with Crippen LogP contribution in [-0.4, -0.2) is 35.9 Å². The number of para-hydroxylation sites is 1. The predicted octanol–water partition coefficient (Wildman–Crippen LogP) is 3.77. The zero-order chi connectivity index (χ0) is 23.2. The van der Waals surface area contributed by atoms with E-state index in [0.29, 0.717) is 29.2 Å². The summed E-state index contributed by atoms with van der Waals surface area (Å²) in [4.78, 5) is 24.8. The maximum Gasteiger partial charge on any atom is 0.349 e. The van der Waals surface area contributed by atoms with Gasteiger partial charge in [-0.1, -0.05) is 42.0 Å². The van der Waals surface area contributed by atoms with Gasteiger partial charge in [-0.15, -0.1) is 10.2 Å². The van der Waals surface area contributed by atoms with Gasteiger partial charge in [0.2, 0.25) is 5.88 Å².